The van der Waals surface area contributed by atoms with E-state index in [9.17, 15) is 0 Å². The number of rotatable bonds is 3. The summed E-state index contributed by atoms with van der Waals surface area (Å²) in [4.78, 5) is 12.4. The lowest BCUT2D eigenvalue weighted by molar-refractivity contribution is 0.916. The van der Waals surface area contributed by atoms with Crippen LogP contribution >= 0.6 is 0 Å². The zero-order valence-corrected chi connectivity index (χ0v) is 9.91. The number of pyridine rings is 1. The Labute approximate surface area is 104 Å². The maximum absolute atomic E-state index is 4.29. The lowest BCUT2D eigenvalue weighted by atomic mass is 10.3. The smallest absolute Gasteiger partial charge is 0.254 e. The Morgan fingerprint density at radius 2 is 2.11 bits per heavy atom. The van der Waals surface area contributed by atoms with Gasteiger partial charge in [0.2, 0.25) is 0 Å². The molecule has 0 aliphatic carbocycles. The number of nitrogens with zero attached hydrogens (tertiary/aromatic N) is 5. The van der Waals surface area contributed by atoms with E-state index >= 15 is 0 Å². The predicted octanol–water partition coefficient (Wildman–Crippen LogP) is 1.44. The number of fused-ring (bicyclic) bond motifs is 1. The minimum absolute atomic E-state index is 0.604. The van der Waals surface area contributed by atoms with E-state index in [1.807, 2.05) is 25.1 Å². The van der Waals surface area contributed by atoms with Crippen LogP contribution in [0.5, 0.6) is 0 Å². The lowest BCUT2D eigenvalue weighted by Crippen LogP contribution is -2.06. The molecule has 6 heteroatoms. The summed E-state index contributed by atoms with van der Waals surface area (Å²) in [6, 6.07) is 5.89. The normalized spacial score (nSPS) is 10.7. The molecular formula is C12H12N6. The standard InChI is InChI=1S/C12H12N6/c1-9-6-11(18-12(17-9)15-8-16-18)14-7-10-2-4-13-5-3-10/h2-6,8,14H,7H2,1H3. The second kappa shape index (κ2) is 4.40. The Hall–Kier alpha value is -2.50. The lowest BCUT2D eigenvalue weighted by Gasteiger charge is -2.08. The number of hydrogen-bond donors (Lipinski definition) is 1. The zero-order valence-electron chi connectivity index (χ0n) is 9.91. The highest BCUT2D eigenvalue weighted by Gasteiger charge is 2.04. The van der Waals surface area contributed by atoms with E-state index in [0.29, 0.717) is 12.3 Å². The molecule has 0 aliphatic heterocycles. The molecule has 18 heavy (non-hydrogen) atoms. The molecule has 0 spiro atoms. The van der Waals surface area contributed by atoms with Gasteiger partial charge in [-0.1, -0.05) is 0 Å². The van der Waals surface area contributed by atoms with Gasteiger partial charge >= 0.3 is 0 Å². The highest BCUT2D eigenvalue weighted by molar-refractivity contribution is 5.45. The molecule has 0 amide bonds. The first-order valence-corrected chi connectivity index (χ1v) is 5.63. The van der Waals surface area contributed by atoms with Gasteiger partial charge in [0.15, 0.2) is 0 Å². The van der Waals surface area contributed by atoms with Crippen LogP contribution in [0.3, 0.4) is 0 Å². The van der Waals surface area contributed by atoms with Gasteiger partial charge in [0.1, 0.15) is 12.1 Å². The molecule has 3 rings (SSSR count). The molecule has 3 aromatic heterocycles. The SMILES string of the molecule is Cc1cc(NCc2ccncc2)n2ncnc2n1. The highest BCUT2D eigenvalue weighted by atomic mass is 15.3. The van der Waals surface area contributed by atoms with Crippen molar-refractivity contribution < 1.29 is 0 Å². The Morgan fingerprint density at radius 3 is 2.94 bits per heavy atom. The second-order valence-electron chi connectivity index (χ2n) is 3.96. The fourth-order valence-electron chi connectivity index (χ4n) is 1.75. The van der Waals surface area contributed by atoms with Crippen LogP contribution in [0, 0.1) is 6.92 Å². The maximum Gasteiger partial charge on any atom is 0.254 e. The minimum Gasteiger partial charge on any atom is -0.366 e. The van der Waals surface area contributed by atoms with Gasteiger partial charge in [-0.25, -0.2) is 4.98 Å². The first kappa shape index (κ1) is 10.6. The Kier molecular flexibility index (Phi) is 2.60. The van der Waals surface area contributed by atoms with Crippen molar-refractivity contribution >= 4 is 11.6 Å². The van der Waals surface area contributed by atoms with Gasteiger partial charge < -0.3 is 5.32 Å². The van der Waals surface area contributed by atoms with Crippen LogP contribution in [-0.4, -0.2) is 24.6 Å². The average molecular weight is 240 g/mol. The monoisotopic (exact) mass is 240 g/mol. The third kappa shape index (κ3) is 2.00. The fraction of sp³-hybridized carbons (Fsp3) is 0.167. The molecule has 0 fully saturated rings. The Balaban J connectivity index is 1.88. The molecule has 3 heterocycles. The first-order valence-electron chi connectivity index (χ1n) is 5.63. The fourth-order valence-corrected chi connectivity index (χ4v) is 1.75. The van der Waals surface area contributed by atoms with Crippen LogP contribution in [0.1, 0.15) is 11.3 Å². The van der Waals surface area contributed by atoms with E-state index in [0.717, 1.165) is 17.1 Å². The minimum atomic E-state index is 0.604. The van der Waals surface area contributed by atoms with Crippen molar-refractivity contribution in [2.45, 2.75) is 13.5 Å². The highest BCUT2D eigenvalue weighted by Crippen LogP contribution is 2.11. The van der Waals surface area contributed by atoms with Crippen molar-refractivity contribution in [3.8, 4) is 0 Å². The van der Waals surface area contributed by atoms with Gasteiger partial charge in [-0.15, -0.1) is 0 Å². The Morgan fingerprint density at radius 1 is 1.28 bits per heavy atom. The molecule has 3 aromatic rings. The van der Waals surface area contributed by atoms with Crippen molar-refractivity contribution in [3.63, 3.8) is 0 Å². The quantitative estimate of drug-likeness (QED) is 0.750. The molecule has 0 saturated carbocycles. The number of aromatic nitrogens is 5. The molecule has 0 radical (unpaired) electrons. The summed E-state index contributed by atoms with van der Waals surface area (Å²) >= 11 is 0. The third-order valence-corrected chi connectivity index (χ3v) is 2.60. The Bertz CT molecular complexity index is 661. The molecule has 1 N–H and O–H groups in total. The van der Waals surface area contributed by atoms with Crippen LogP contribution < -0.4 is 5.32 Å². The second-order valence-corrected chi connectivity index (χ2v) is 3.96. The summed E-state index contributed by atoms with van der Waals surface area (Å²) in [7, 11) is 0. The van der Waals surface area contributed by atoms with E-state index in [1.54, 1.807) is 16.9 Å². The predicted molar refractivity (Wildman–Crippen MR) is 67.1 cm³/mol. The first-order chi connectivity index (χ1) is 8.83. The summed E-state index contributed by atoms with van der Waals surface area (Å²) in [5, 5.41) is 7.46. The molecule has 0 atom stereocenters. The van der Waals surface area contributed by atoms with Crippen molar-refractivity contribution in [2.24, 2.45) is 0 Å². The summed E-state index contributed by atoms with van der Waals surface area (Å²) < 4.78 is 1.69. The van der Waals surface area contributed by atoms with Crippen LogP contribution in [0.25, 0.3) is 5.78 Å². The van der Waals surface area contributed by atoms with E-state index in [1.165, 1.54) is 6.33 Å². The maximum atomic E-state index is 4.29. The van der Waals surface area contributed by atoms with Crippen molar-refractivity contribution in [3.05, 3.63) is 48.2 Å². The summed E-state index contributed by atoms with van der Waals surface area (Å²) in [5.74, 6) is 1.49. The molecule has 0 saturated heterocycles. The molecule has 0 aliphatic rings. The van der Waals surface area contributed by atoms with E-state index in [4.69, 9.17) is 0 Å². The van der Waals surface area contributed by atoms with Crippen molar-refractivity contribution in [1.82, 2.24) is 24.6 Å². The average Bonchev–Trinajstić information content (AvgIpc) is 2.85. The van der Waals surface area contributed by atoms with Gasteiger partial charge in [0.05, 0.1) is 0 Å². The van der Waals surface area contributed by atoms with E-state index in [2.05, 4.69) is 25.4 Å². The van der Waals surface area contributed by atoms with Gasteiger partial charge in [-0.3, -0.25) is 4.98 Å². The van der Waals surface area contributed by atoms with Crippen LogP contribution in [0.4, 0.5) is 5.82 Å². The summed E-state index contributed by atoms with van der Waals surface area (Å²) in [5.41, 5.74) is 2.07. The van der Waals surface area contributed by atoms with E-state index < -0.39 is 0 Å². The van der Waals surface area contributed by atoms with Crippen molar-refractivity contribution in [2.75, 3.05) is 5.32 Å². The number of aryl methyl sites for hydroxylation is 1. The van der Waals surface area contributed by atoms with Crippen molar-refractivity contribution in [1.29, 1.82) is 0 Å². The molecule has 0 bridgehead atoms. The number of nitrogens with one attached hydrogen (secondary N) is 1. The van der Waals surface area contributed by atoms with Crippen LogP contribution in [-0.2, 0) is 6.54 Å². The van der Waals surface area contributed by atoms with Gasteiger partial charge in [0.25, 0.3) is 5.78 Å². The molecule has 6 nitrogen and oxygen atoms in total. The van der Waals surface area contributed by atoms with Gasteiger partial charge in [0, 0.05) is 30.7 Å². The number of hydrogen-bond acceptors (Lipinski definition) is 5. The zero-order chi connectivity index (χ0) is 12.4. The molecular weight excluding hydrogens is 228 g/mol. The third-order valence-electron chi connectivity index (χ3n) is 2.60. The van der Waals surface area contributed by atoms with Crippen LogP contribution in [0.15, 0.2) is 36.9 Å². The summed E-state index contributed by atoms with van der Waals surface area (Å²) in [6.45, 7) is 2.65. The van der Waals surface area contributed by atoms with Gasteiger partial charge in [-0.2, -0.15) is 14.6 Å². The molecule has 0 unspecified atom stereocenters. The molecule has 90 valence electrons. The summed E-state index contributed by atoms with van der Waals surface area (Å²) in [6.07, 6.45) is 5.05. The largest absolute Gasteiger partial charge is 0.366 e. The molecule has 0 aromatic carbocycles. The van der Waals surface area contributed by atoms with Crippen LogP contribution in [0.2, 0.25) is 0 Å². The van der Waals surface area contributed by atoms with Gasteiger partial charge in [-0.05, 0) is 24.6 Å². The topological polar surface area (TPSA) is 68.0 Å². The van der Waals surface area contributed by atoms with E-state index in [-0.39, 0.29) is 0 Å². The number of anilines is 1.